The maximum atomic E-state index is 12.4. The van der Waals surface area contributed by atoms with Gasteiger partial charge in [-0.15, -0.1) is 13.2 Å². The minimum atomic E-state index is -4.74. The highest BCUT2D eigenvalue weighted by molar-refractivity contribution is 7.90. The number of likely N-dealkylation sites (tertiary alicyclic amines) is 2. The molecule has 37 nitrogen and oxygen atoms in total. The highest BCUT2D eigenvalue weighted by Crippen LogP contribution is 2.32. The number of aliphatic carboxylic acids is 1. The minimum Gasteiger partial charge on any atom is -0.481 e. The third kappa shape index (κ3) is 21.5. The molecule has 0 aliphatic carbocycles. The van der Waals surface area contributed by atoms with Crippen molar-refractivity contribution in [1.82, 2.24) is 103 Å². The third-order valence-electron chi connectivity index (χ3n) is 22.5. The Morgan fingerprint density at radius 3 is 1.27 bits per heavy atom. The number of hydrogen-bond donors (Lipinski definition) is 8. The summed E-state index contributed by atoms with van der Waals surface area (Å²) in [5.74, 6) is -0.798. The van der Waals surface area contributed by atoms with E-state index in [1.165, 1.54) is 18.4 Å². The molecule has 127 heavy (non-hydrogen) atoms. The quantitative estimate of drug-likeness (QED) is 0.0297. The molecule has 0 aromatic heterocycles. The van der Waals surface area contributed by atoms with Gasteiger partial charge in [-0.3, -0.25) is 63.2 Å². The number of nitrogens with one attached hydrogen (secondary N) is 7. The van der Waals surface area contributed by atoms with Crippen molar-refractivity contribution in [3.05, 3.63) is 236 Å². The Kier molecular flexibility index (Phi) is 27.0. The molecule has 8 N–H and O–H groups in total. The minimum absolute atomic E-state index is 0.00266. The summed E-state index contributed by atoms with van der Waals surface area (Å²) in [5, 5.41) is 15.7. The molecule has 10 aliphatic rings. The van der Waals surface area contributed by atoms with Gasteiger partial charge in [-0.1, -0.05) is 24.3 Å². The molecule has 2 saturated heterocycles. The standard InChI is InChI=1S/C23H22F3N5O3.C22H23N5O4S.C20H24N6O5S.C20H23N5O4/c1-12-10-17-18(11-13(12)2)31(20-19(28-17)21(32)30-22(33)29-20)9-8-27-14(3)15-4-6-16(7-5-15)34-23(24,25)26;1-13-9-17-18(10-14(13)2)27(20-19(24-17)21(28)26-22(29)25-20)8-7-23-12-15-5-4-6-16(11-15)32(3,30)31;1-11-9-13-15(10-12(11)2)26(17-16(21-13)19(28)23-20(29)22-17)8-7-25-6-4-5-14(25)18(27)24-32(3,30)31;1-11-8-14-15(9-12(11)2)25(18-17(21-14)19(28)23-20(29)22-18)7-6-24-5-3-4-13(24)10-16(26)27/h4-7,10-11,14,27H,8-9H2,1-3H3,(H,30,32,33);4-6,9-11,23H,7-8,12H2,1-3H3,(H,26,28,29);9-10,14H,4-8H2,1-3H3,(H,24,27)(H,23,28,29);8-9,13H,3-7,10H2,1-2H3,(H,26,27)(H,23,28,29)/t;;14-;13-/m..11/s1. The van der Waals surface area contributed by atoms with E-state index in [1.807, 2.05) is 131 Å². The molecule has 42 heteroatoms. The molecule has 0 saturated carbocycles. The van der Waals surface area contributed by atoms with Gasteiger partial charge in [0.15, 0.2) is 55.9 Å². The maximum Gasteiger partial charge on any atom is 0.573 e. The van der Waals surface area contributed by atoms with E-state index in [0.29, 0.717) is 93.9 Å². The number of nitrogens with zero attached hydrogens (tertiary/aromatic N) is 14. The molecule has 1 amide bonds. The molecule has 1 unspecified atom stereocenters. The highest BCUT2D eigenvalue weighted by atomic mass is 32.2. The van der Waals surface area contributed by atoms with Gasteiger partial charge >= 0.3 is 35.1 Å². The number of carbonyl (C=O) groups is 2. The molecule has 10 heterocycles. The van der Waals surface area contributed by atoms with Crippen LogP contribution in [0.15, 0.2) is 140 Å². The van der Waals surface area contributed by atoms with E-state index in [1.54, 1.807) is 39.5 Å². The van der Waals surface area contributed by atoms with Crippen LogP contribution in [0.25, 0.3) is 90.2 Å². The Morgan fingerprint density at radius 1 is 0.496 bits per heavy atom. The van der Waals surface area contributed by atoms with Crippen LogP contribution in [-0.2, 0) is 62.2 Å². The number of amides is 1. The summed E-state index contributed by atoms with van der Waals surface area (Å²) >= 11 is 0. The third-order valence-corrected chi connectivity index (χ3v) is 24.2. The van der Waals surface area contributed by atoms with E-state index in [0.717, 1.165) is 110 Å². The van der Waals surface area contributed by atoms with Gasteiger partial charge in [0.05, 0.1) is 67.7 Å². The van der Waals surface area contributed by atoms with Crippen LogP contribution in [0, 0.1) is 55.4 Å². The second-order valence-electron chi connectivity index (χ2n) is 31.7. The fourth-order valence-corrected chi connectivity index (χ4v) is 16.8. The normalized spacial score (nSPS) is 14.8. The molecule has 6 aromatic carbocycles. The molecule has 2 fully saturated rings. The number of H-pyrrole nitrogens is 4. The zero-order chi connectivity index (χ0) is 91.6. The number of sulfone groups is 1. The van der Waals surface area contributed by atoms with Crippen LogP contribution in [0.3, 0.4) is 0 Å². The number of ether oxygens (including phenoxy) is 1. The number of hydrogen-bond acceptors (Lipinski definition) is 27. The van der Waals surface area contributed by atoms with Crippen LogP contribution in [0.2, 0.25) is 0 Å². The molecule has 0 spiro atoms. The van der Waals surface area contributed by atoms with Crippen LogP contribution in [0.4, 0.5) is 13.2 Å². The monoisotopic (exact) mass is 1780 g/mol. The number of halogens is 3. The number of carboxylic acid groups (broad SMARTS) is 1. The van der Waals surface area contributed by atoms with Crippen LogP contribution >= 0.6 is 0 Å². The summed E-state index contributed by atoms with van der Waals surface area (Å²) in [4.78, 5) is 167. The number of alkyl halides is 3. The number of aryl methyl sites for hydroxylation is 8. The smallest absolute Gasteiger partial charge is 0.481 e. The van der Waals surface area contributed by atoms with Crippen LogP contribution in [0.5, 0.6) is 5.75 Å². The summed E-state index contributed by atoms with van der Waals surface area (Å²) < 4.78 is 96.7. The summed E-state index contributed by atoms with van der Waals surface area (Å²) in [6, 6.07) is 27.1. The van der Waals surface area contributed by atoms with Crippen LogP contribution in [-0.4, -0.2) is 192 Å². The zero-order valence-electron chi connectivity index (χ0n) is 71.1. The topological polar surface area (TPSA) is 497 Å². The van der Waals surface area contributed by atoms with E-state index >= 15 is 0 Å². The number of carbonyl (C=O) groups excluding carboxylic acids is 1. The van der Waals surface area contributed by atoms with Gasteiger partial charge in [0.1, 0.15) is 5.75 Å². The van der Waals surface area contributed by atoms with E-state index < -0.39 is 89.1 Å². The Bertz CT molecular complexity index is 7250. The largest absolute Gasteiger partial charge is 0.573 e. The van der Waals surface area contributed by atoms with Gasteiger partial charge < -0.3 is 38.7 Å². The summed E-state index contributed by atoms with van der Waals surface area (Å²) in [5.41, 5.74) is 10.6. The van der Waals surface area contributed by atoms with Crippen molar-refractivity contribution in [3.63, 3.8) is 0 Å². The van der Waals surface area contributed by atoms with Gasteiger partial charge in [-0.05, 0) is 230 Å². The Balaban J connectivity index is 0.000000145. The molecule has 16 rings (SSSR count). The van der Waals surface area contributed by atoms with Crippen molar-refractivity contribution in [1.29, 1.82) is 0 Å². The number of carboxylic acids is 1. The van der Waals surface area contributed by atoms with Crippen molar-refractivity contribution in [2.75, 3.05) is 51.8 Å². The van der Waals surface area contributed by atoms with Crippen molar-refractivity contribution in [2.24, 2.45) is 0 Å². The lowest BCUT2D eigenvalue weighted by Gasteiger charge is -2.25. The first-order chi connectivity index (χ1) is 60.0. The SMILES string of the molecule is Cc1cc2nc3c(=O)[nH]c(=O)nc-3n(CCN3CCC[C@@H]3C(=O)NS(C)(=O)=O)c2cc1C.Cc1cc2nc3c(=O)[nH]c(=O)nc-3n(CCN3CCC[C@@H]3CC(=O)O)c2cc1C.Cc1cc2nc3c(=O)[nH]c(=O)nc-3n(CCNC(C)c3ccc(OC(F)(F)F)cc3)c2cc1C.Cc1cc2nc3c(=O)[nH]c(=O)nc-3n(CCNCc3cccc(S(C)(=O)=O)c3)c2cc1C. The molecule has 666 valence electrons. The predicted octanol–water partition coefficient (Wildman–Crippen LogP) is 5.73. The Hall–Kier alpha value is -13.3. The molecule has 0 bridgehead atoms. The van der Waals surface area contributed by atoms with Gasteiger partial charge in [-0.2, -0.15) is 19.9 Å². The van der Waals surface area contributed by atoms with E-state index in [2.05, 4.69) is 84.8 Å². The number of aromatic nitrogens is 16. The maximum absolute atomic E-state index is 12.4. The number of fused-ring (bicyclic) bond motifs is 8. The van der Waals surface area contributed by atoms with Crippen molar-refractivity contribution in [2.45, 2.75) is 157 Å². The van der Waals surface area contributed by atoms with Gasteiger partial charge in [0, 0.05) is 77.2 Å². The average Bonchev–Trinajstić information content (AvgIpc) is 1.58. The number of rotatable bonds is 22. The average molecular weight is 1780 g/mol. The lowest BCUT2D eigenvalue weighted by Crippen LogP contribution is -2.46. The van der Waals surface area contributed by atoms with Crippen molar-refractivity contribution in [3.8, 4) is 51.8 Å². The first-order valence-electron chi connectivity index (χ1n) is 40.5. The Morgan fingerprint density at radius 2 is 0.874 bits per heavy atom. The zero-order valence-corrected chi connectivity index (χ0v) is 72.7. The second kappa shape index (κ2) is 37.5. The van der Waals surface area contributed by atoms with E-state index in [9.17, 15) is 78.0 Å². The first-order valence-corrected chi connectivity index (χ1v) is 44.3. The fraction of sp³-hybridized carbons (Fsp3) is 0.365. The predicted molar refractivity (Wildman–Crippen MR) is 467 cm³/mol. The van der Waals surface area contributed by atoms with Crippen molar-refractivity contribution >= 4 is 75.9 Å². The molecule has 0 radical (unpaired) electrons. The van der Waals surface area contributed by atoms with Gasteiger partial charge in [0.25, 0.3) is 28.1 Å². The fourth-order valence-electron chi connectivity index (χ4n) is 15.6. The Labute approximate surface area is 721 Å². The van der Waals surface area contributed by atoms with Crippen molar-refractivity contribution < 1.29 is 49.4 Å². The first kappa shape index (κ1) is 91.4. The number of sulfonamides is 1. The molecule has 6 aromatic rings. The van der Waals surface area contributed by atoms with Gasteiger partial charge in [0.2, 0.25) is 10.0 Å². The molecule has 3 atom stereocenters. The molecular weight excluding hydrogens is 1690 g/mol. The highest BCUT2D eigenvalue weighted by Gasteiger charge is 2.35. The van der Waals surface area contributed by atoms with Crippen LogP contribution < -0.4 is 65.1 Å². The van der Waals surface area contributed by atoms with E-state index in [4.69, 9.17) is 5.11 Å². The number of aromatic amines is 4. The number of benzene rings is 6. The lowest BCUT2D eigenvalue weighted by atomic mass is 10.1. The molecular formula is C85H92F3N21O16S2. The molecule has 10 aliphatic heterocycles. The lowest BCUT2D eigenvalue weighted by molar-refractivity contribution is -0.274. The summed E-state index contributed by atoms with van der Waals surface area (Å²) in [7, 11) is -6.92. The second-order valence-corrected chi connectivity index (χ2v) is 35.4. The summed E-state index contributed by atoms with van der Waals surface area (Å²) in [6.45, 7) is 23.1. The summed E-state index contributed by atoms with van der Waals surface area (Å²) in [6.07, 6.45) is 0.619. The van der Waals surface area contributed by atoms with E-state index in [-0.39, 0.29) is 75.2 Å². The van der Waals surface area contributed by atoms with Crippen LogP contribution in [0.1, 0.15) is 101 Å². The van der Waals surface area contributed by atoms with Gasteiger partial charge in [-0.25, -0.2) is 55.9 Å².